The minimum atomic E-state index is -1.03. The van der Waals surface area contributed by atoms with E-state index < -0.39 is 18.2 Å². The van der Waals surface area contributed by atoms with Crippen molar-refractivity contribution in [3.8, 4) is 0 Å². The topological polar surface area (TPSA) is 82.6 Å². The molecule has 0 saturated heterocycles. The van der Waals surface area contributed by atoms with E-state index in [1.165, 1.54) is 4.90 Å². The standard InChI is InChI=1S/C19H24N2O4/c1-11-15(13(3)22)12(2)20-16(11)19(24)25-17(18(23)21(4)5)14-9-7-6-8-10-14/h6-10,13,17,20,22H,1-5H3/t13-,17-/m1/s1. The lowest BCUT2D eigenvalue weighted by Crippen LogP contribution is -2.31. The smallest absolute Gasteiger partial charge is 0.356 e. The number of aromatic nitrogens is 1. The van der Waals surface area contributed by atoms with Crippen molar-refractivity contribution in [2.45, 2.75) is 33.0 Å². The number of hydrogen-bond donors (Lipinski definition) is 2. The lowest BCUT2D eigenvalue weighted by molar-refractivity contribution is -0.138. The van der Waals surface area contributed by atoms with E-state index in [9.17, 15) is 14.7 Å². The molecule has 0 aliphatic carbocycles. The molecule has 0 fully saturated rings. The highest BCUT2D eigenvalue weighted by molar-refractivity contribution is 5.93. The summed E-state index contributed by atoms with van der Waals surface area (Å²) in [5.41, 5.74) is 2.85. The average molecular weight is 344 g/mol. The van der Waals surface area contributed by atoms with Crippen molar-refractivity contribution in [3.63, 3.8) is 0 Å². The van der Waals surface area contributed by atoms with Crippen LogP contribution in [0.2, 0.25) is 0 Å². The second-order valence-electron chi connectivity index (χ2n) is 6.27. The maximum Gasteiger partial charge on any atom is 0.356 e. The summed E-state index contributed by atoms with van der Waals surface area (Å²) in [6, 6.07) is 8.89. The molecule has 2 rings (SSSR count). The Hall–Kier alpha value is -2.60. The fraction of sp³-hybridized carbons (Fsp3) is 0.368. The molecule has 0 saturated carbocycles. The van der Waals surface area contributed by atoms with Gasteiger partial charge in [0.15, 0.2) is 0 Å². The zero-order valence-electron chi connectivity index (χ0n) is 15.2. The second kappa shape index (κ2) is 7.53. The first-order chi connectivity index (χ1) is 11.7. The van der Waals surface area contributed by atoms with Crippen molar-refractivity contribution in [2.75, 3.05) is 14.1 Å². The van der Waals surface area contributed by atoms with Crippen molar-refractivity contribution >= 4 is 11.9 Å². The molecule has 0 spiro atoms. The van der Waals surface area contributed by atoms with Crippen molar-refractivity contribution in [3.05, 3.63) is 58.4 Å². The highest BCUT2D eigenvalue weighted by atomic mass is 16.5. The molecule has 134 valence electrons. The number of nitrogens with one attached hydrogen (secondary N) is 1. The van der Waals surface area contributed by atoms with E-state index in [-0.39, 0.29) is 11.6 Å². The highest BCUT2D eigenvalue weighted by Crippen LogP contribution is 2.27. The van der Waals surface area contributed by atoms with Crippen LogP contribution in [0.3, 0.4) is 0 Å². The first kappa shape index (κ1) is 18.7. The fourth-order valence-electron chi connectivity index (χ4n) is 2.88. The summed E-state index contributed by atoms with van der Waals surface area (Å²) in [6.07, 6.45) is -1.73. The Balaban J connectivity index is 2.35. The molecule has 0 aliphatic heterocycles. The van der Waals surface area contributed by atoms with Gasteiger partial charge in [0.1, 0.15) is 5.69 Å². The van der Waals surface area contributed by atoms with Crippen LogP contribution in [0, 0.1) is 13.8 Å². The summed E-state index contributed by atoms with van der Waals surface area (Å²) in [4.78, 5) is 29.5. The number of aliphatic hydroxyl groups excluding tert-OH is 1. The molecule has 0 bridgehead atoms. The van der Waals surface area contributed by atoms with Gasteiger partial charge in [-0.25, -0.2) is 4.79 Å². The van der Waals surface area contributed by atoms with Crippen molar-refractivity contribution in [2.24, 2.45) is 0 Å². The van der Waals surface area contributed by atoms with Gasteiger partial charge in [0, 0.05) is 30.9 Å². The van der Waals surface area contributed by atoms with Gasteiger partial charge >= 0.3 is 5.97 Å². The van der Waals surface area contributed by atoms with E-state index in [1.54, 1.807) is 59.1 Å². The highest BCUT2D eigenvalue weighted by Gasteiger charge is 2.29. The van der Waals surface area contributed by atoms with Crippen LogP contribution in [0.1, 0.15) is 52.0 Å². The van der Waals surface area contributed by atoms with Gasteiger partial charge in [-0.1, -0.05) is 30.3 Å². The third-order valence-electron chi connectivity index (χ3n) is 4.11. The number of amides is 1. The van der Waals surface area contributed by atoms with Crippen molar-refractivity contribution < 1.29 is 19.4 Å². The van der Waals surface area contributed by atoms with Crippen LogP contribution in [-0.4, -0.2) is 41.0 Å². The number of hydrogen-bond acceptors (Lipinski definition) is 4. The van der Waals surface area contributed by atoms with Crippen molar-refractivity contribution in [1.82, 2.24) is 9.88 Å². The van der Waals surface area contributed by atoms with E-state index >= 15 is 0 Å². The maximum absolute atomic E-state index is 12.7. The number of esters is 1. The second-order valence-corrected chi connectivity index (χ2v) is 6.27. The number of carbonyl (C=O) groups excluding carboxylic acids is 2. The SMILES string of the molecule is Cc1[nH]c(C(=O)O[C@@H](C(=O)N(C)C)c2ccccc2)c(C)c1[C@@H](C)O. The molecule has 1 heterocycles. The average Bonchev–Trinajstić information content (AvgIpc) is 2.87. The van der Waals surface area contributed by atoms with Gasteiger partial charge in [-0.15, -0.1) is 0 Å². The number of H-pyrrole nitrogens is 1. The molecule has 0 radical (unpaired) electrons. The van der Waals surface area contributed by atoms with Crippen LogP contribution >= 0.6 is 0 Å². The Kier molecular flexibility index (Phi) is 5.64. The molecule has 2 atom stereocenters. The monoisotopic (exact) mass is 344 g/mol. The third kappa shape index (κ3) is 3.91. The number of nitrogens with zero attached hydrogens (tertiary/aromatic N) is 1. The van der Waals surface area contributed by atoms with E-state index in [0.717, 1.165) is 0 Å². The maximum atomic E-state index is 12.7. The molecule has 6 nitrogen and oxygen atoms in total. The molecule has 0 unspecified atom stereocenters. The van der Waals surface area contributed by atoms with Gasteiger partial charge < -0.3 is 19.7 Å². The summed E-state index contributed by atoms with van der Waals surface area (Å²) in [5.74, 6) is -0.951. The Labute approximate surface area is 147 Å². The number of ether oxygens (including phenoxy) is 1. The van der Waals surface area contributed by atoms with E-state index in [4.69, 9.17) is 4.74 Å². The van der Waals surface area contributed by atoms with Gasteiger partial charge in [-0.2, -0.15) is 0 Å². The van der Waals surface area contributed by atoms with E-state index in [2.05, 4.69) is 4.98 Å². The molecule has 1 amide bonds. The molecule has 25 heavy (non-hydrogen) atoms. The zero-order chi connectivity index (χ0) is 18.7. The zero-order valence-corrected chi connectivity index (χ0v) is 15.2. The lowest BCUT2D eigenvalue weighted by Gasteiger charge is -2.21. The predicted octanol–water partition coefficient (Wildman–Crippen LogP) is 2.67. The molecule has 6 heteroatoms. The van der Waals surface area contributed by atoms with Crippen LogP contribution in [0.15, 0.2) is 30.3 Å². The normalized spacial score (nSPS) is 13.2. The first-order valence-corrected chi connectivity index (χ1v) is 8.08. The fourth-order valence-corrected chi connectivity index (χ4v) is 2.88. The largest absolute Gasteiger partial charge is 0.443 e. The number of likely N-dealkylation sites (N-methyl/N-ethyl adjacent to an activating group) is 1. The Morgan fingerprint density at radius 3 is 2.24 bits per heavy atom. The van der Waals surface area contributed by atoms with Gasteiger partial charge in [-0.05, 0) is 26.3 Å². The summed E-state index contributed by atoms with van der Waals surface area (Å²) >= 11 is 0. The third-order valence-corrected chi connectivity index (χ3v) is 4.11. The Morgan fingerprint density at radius 1 is 1.16 bits per heavy atom. The molecular weight excluding hydrogens is 320 g/mol. The summed E-state index contributed by atoms with van der Waals surface area (Å²) < 4.78 is 5.53. The summed E-state index contributed by atoms with van der Waals surface area (Å²) in [5, 5.41) is 9.87. The van der Waals surface area contributed by atoms with Crippen LogP contribution in [0.25, 0.3) is 0 Å². The van der Waals surface area contributed by atoms with Crippen LogP contribution < -0.4 is 0 Å². The minimum absolute atomic E-state index is 0.251. The molecule has 0 aliphatic rings. The number of benzene rings is 1. The molecule has 1 aromatic carbocycles. The van der Waals surface area contributed by atoms with Gasteiger partial charge in [0.25, 0.3) is 5.91 Å². The Morgan fingerprint density at radius 2 is 1.76 bits per heavy atom. The van der Waals surface area contributed by atoms with Gasteiger partial charge in [0.2, 0.25) is 6.10 Å². The minimum Gasteiger partial charge on any atom is -0.443 e. The summed E-state index contributed by atoms with van der Waals surface area (Å²) in [7, 11) is 3.23. The van der Waals surface area contributed by atoms with Crippen LogP contribution in [-0.2, 0) is 9.53 Å². The lowest BCUT2D eigenvalue weighted by atomic mass is 10.1. The number of aromatic amines is 1. The number of carbonyl (C=O) groups is 2. The molecule has 1 aromatic heterocycles. The van der Waals surface area contributed by atoms with E-state index in [1.807, 2.05) is 6.07 Å². The molecule has 2 N–H and O–H groups in total. The molecular formula is C19H24N2O4. The van der Waals surface area contributed by atoms with Gasteiger partial charge in [-0.3, -0.25) is 4.79 Å². The first-order valence-electron chi connectivity index (χ1n) is 8.08. The van der Waals surface area contributed by atoms with Crippen molar-refractivity contribution in [1.29, 1.82) is 0 Å². The number of aryl methyl sites for hydroxylation is 1. The summed E-state index contributed by atoms with van der Waals surface area (Å²) in [6.45, 7) is 5.17. The van der Waals surface area contributed by atoms with E-state index in [0.29, 0.717) is 22.4 Å². The van der Waals surface area contributed by atoms with Crippen LogP contribution in [0.5, 0.6) is 0 Å². The van der Waals surface area contributed by atoms with Gasteiger partial charge in [0.05, 0.1) is 6.10 Å². The quantitative estimate of drug-likeness (QED) is 0.817. The Bertz CT molecular complexity index is 763. The number of aliphatic hydroxyl groups is 1. The number of rotatable bonds is 5. The molecule has 2 aromatic rings. The predicted molar refractivity (Wildman–Crippen MR) is 94.2 cm³/mol. The van der Waals surface area contributed by atoms with Crippen LogP contribution in [0.4, 0.5) is 0 Å².